The Hall–Kier alpha value is -3.25. The fourth-order valence-corrected chi connectivity index (χ4v) is 5.96. The summed E-state index contributed by atoms with van der Waals surface area (Å²) in [6.45, 7) is 18.9. The molecule has 180 valence electrons. The largest absolute Gasteiger partial charge is 0.379 e. The smallest absolute Gasteiger partial charge is 0.0789 e. The predicted octanol–water partition coefficient (Wildman–Crippen LogP) is 6.08. The van der Waals surface area contributed by atoms with Gasteiger partial charge in [0.25, 0.3) is 0 Å². The molecular weight excluding hydrogens is 450 g/mol. The molecule has 3 aliphatic rings. The van der Waals surface area contributed by atoms with Gasteiger partial charge in [0.15, 0.2) is 0 Å². The third-order valence-electron chi connectivity index (χ3n) is 7.37. The van der Waals surface area contributed by atoms with Gasteiger partial charge in [0, 0.05) is 30.2 Å². The molecule has 0 radical (unpaired) electrons. The van der Waals surface area contributed by atoms with Gasteiger partial charge in [0.05, 0.1) is 46.8 Å². The Bertz CT molecular complexity index is 1320. The lowest BCUT2D eigenvalue weighted by Gasteiger charge is -2.27. The molecule has 2 aromatic rings. The maximum Gasteiger partial charge on any atom is 0.0789 e. The van der Waals surface area contributed by atoms with E-state index in [0.717, 1.165) is 47.8 Å². The van der Waals surface area contributed by atoms with Gasteiger partial charge >= 0.3 is 0 Å². The highest BCUT2D eigenvalue weighted by molar-refractivity contribution is 7.12. The molecule has 0 fully saturated rings. The summed E-state index contributed by atoms with van der Waals surface area (Å²) in [7, 11) is 0. The molecule has 0 saturated heterocycles. The molecule has 4 heterocycles. The average Bonchev–Trinajstić information content (AvgIpc) is 3.55. The summed E-state index contributed by atoms with van der Waals surface area (Å²) in [5, 5.41) is 15.0. The Morgan fingerprint density at radius 3 is 2.83 bits per heavy atom. The molecule has 2 atom stereocenters. The van der Waals surface area contributed by atoms with Gasteiger partial charge in [0.1, 0.15) is 0 Å². The van der Waals surface area contributed by atoms with E-state index in [4.69, 9.17) is 4.99 Å². The number of aliphatic imine (C=N–C) groups is 1. The van der Waals surface area contributed by atoms with Gasteiger partial charge in [-0.2, -0.15) is 10.2 Å². The first-order valence-corrected chi connectivity index (χ1v) is 13.1. The van der Waals surface area contributed by atoms with Gasteiger partial charge in [-0.1, -0.05) is 49.9 Å². The van der Waals surface area contributed by atoms with Crippen molar-refractivity contribution in [1.29, 1.82) is 0 Å². The first-order chi connectivity index (χ1) is 16.8. The van der Waals surface area contributed by atoms with E-state index in [2.05, 4.69) is 97.0 Å². The second-order valence-corrected chi connectivity index (χ2v) is 10.8. The zero-order chi connectivity index (χ0) is 24.7. The van der Waals surface area contributed by atoms with Crippen molar-refractivity contribution >= 4 is 34.2 Å². The summed E-state index contributed by atoms with van der Waals surface area (Å²) >= 11 is 1.74. The lowest BCUT2D eigenvalue weighted by Crippen LogP contribution is -2.36. The van der Waals surface area contributed by atoms with Crippen molar-refractivity contribution < 1.29 is 0 Å². The first-order valence-electron chi connectivity index (χ1n) is 12.2. The van der Waals surface area contributed by atoms with E-state index < -0.39 is 0 Å². The molecule has 0 aliphatic carbocycles. The topological polar surface area (TPSA) is 52.4 Å². The normalized spacial score (nSPS) is 21.9. The summed E-state index contributed by atoms with van der Waals surface area (Å²) in [5.74, 6) is 0.334. The third kappa shape index (κ3) is 4.55. The highest BCUT2D eigenvalue weighted by Crippen LogP contribution is 2.36. The van der Waals surface area contributed by atoms with Crippen molar-refractivity contribution in [3.63, 3.8) is 0 Å². The number of hydrogen-bond donors (Lipinski definition) is 1. The molecule has 6 heteroatoms. The van der Waals surface area contributed by atoms with Crippen molar-refractivity contribution in [3.05, 3.63) is 87.4 Å². The maximum atomic E-state index is 4.72. The van der Waals surface area contributed by atoms with E-state index in [1.165, 1.54) is 33.0 Å². The van der Waals surface area contributed by atoms with Gasteiger partial charge in [-0.3, -0.25) is 4.99 Å². The van der Waals surface area contributed by atoms with Crippen LogP contribution in [-0.4, -0.2) is 36.3 Å². The number of thiophene rings is 1. The van der Waals surface area contributed by atoms with Crippen LogP contribution in [0.15, 0.2) is 86.6 Å². The molecule has 5 rings (SSSR count). The minimum absolute atomic E-state index is 0.123. The zero-order valence-corrected chi connectivity index (χ0v) is 21.9. The number of aryl methyl sites for hydroxylation is 1. The Labute approximate surface area is 212 Å². The molecule has 0 amide bonds. The summed E-state index contributed by atoms with van der Waals surface area (Å²) in [6.07, 6.45) is 1.60. The van der Waals surface area contributed by atoms with E-state index in [-0.39, 0.29) is 6.04 Å². The van der Waals surface area contributed by atoms with E-state index in [1.54, 1.807) is 11.3 Å². The molecule has 0 bridgehead atoms. The standard InChI is InChI=1S/C29H33N5S/c1-17-8-7-9-23(12-17)13-24-14-25(33-32-24)21(5)28-20(4)19(3)26(31-28)16-34-18(2)15-30-22(6)29-27(34)10-11-35-29/h7-12,20,28,31H,2,5,13-16H2,1,3-4,6H3. The first kappa shape index (κ1) is 23.5. The molecule has 35 heavy (non-hydrogen) atoms. The average molecular weight is 484 g/mol. The Balaban J connectivity index is 1.26. The van der Waals surface area contributed by atoms with Crippen LogP contribution in [0.4, 0.5) is 5.69 Å². The molecular formula is C29H33N5S. The van der Waals surface area contributed by atoms with Crippen LogP contribution in [0.1, 0.15) is 43.2 Å². The summed E-state index contributed by atoms with van der Waals surface area (Å²) in [4.78, 5) is 8.26. The van der Waals surface area contributed by atoms with E-state index in [1.807, 2.05) is 0 Å². The second-order valence-electron chi connectivity index (χ2n) is 9.84. The van der Waals surface area contributed by atoms with Crippen molar-refractivity contribution in [2.24, 2.45) is 21.1 Å². The van der Waals surface area contributed by atoms with E-state index >= 15 is 0 Å². The highest BCUT2D eigenvalue weighted by Gasteiger charge is 2.34. The van der Waals surface area contributed by atoms with Crippen molar-refractivity contribution in [2.45, 2.75) is 46.6 Å². The maximum absolute atomic E-state index is 4.72. The number of hydrogen-bond acceptors (Lipinski definition) is 6. The van der Waals surface area contributed by atoms with Crippen LogP contribution in [0.5, 0.6) is 0 Å². The van der Waals surface area contributed by atoms with Crippen molar-refractivity contribution in [1.82, 2.24) is 5.32 Å². The summed E-state index contributed by atoms with van der Waals surface area (Å²) < 4.78 is 0. The number of nitrogens with zero attached hydrogens (tertiary/aromatic N) is 4. The molecule has 0 saturated carbocycles. The minimum atomic E-state index is 0.123. The SMILES string of the molecule is C=C(C1=NN=C(Cc2cccc(C)c2)C1)C1NC(CN2C(=C)CN=C(C)c3sccc32)=C(C)C1C. The van der Waals surface area contributed by atoms with E-state index in [9.17, 15) is 0 Å². The van der Waals surface area contributed by atoms with Gasteiger partial charge in [-0.15, -0.1) is 11.3 Å². The summed E-state index contributed by atoms with van der Waals surface area (Å²) in [6, 6.07) is 10.9. The van der Waals surface area contributed by atoms with Gasteiger partial charge in [-0.25, -0.2) is 0 Å². The van der Waals surface area contributed by atoms with Crippen molar-refractivity contribution in [2.75, 3.05) is 18.0 Å². The fourth-order valence-electron chi connectivity index (χ4n) is 5.10. The van der Waals surface area contributed by atoms with Crippen LogP contribution < -0.4 is 10.2 Å². The zero-order valence-electron chi connectivity index (χ0n) is 21.1. The van der Waals surface area contributed by atoms with Gasteiger partial charge in [-0.05, 0) is 48.9 Å². The highest BCUT2D eigenvalue weighted by atomic mass is 32.1. The molecule has 5 nitrogen and oxygen atoms in total. The van der Waals surface area contributed by atoms with Crippen molar-refractivity contribution in [3.8, 4) is 0 Å². The molecule has 3 aliphatic heterocycles. The Morgan fingerprint density at radius 2 is 2.03 bits per heavy atom. The molecule has 2 unspecified atom stereocenters. The quantitative estimate of drug-likeness (QED) is 0.541. The number of fused-ring (bicyclic) bond motifs is 1. The number of nitrogens with one attached hydrogen (secondary N) is 1. The second kappa shape index (κ2) is 9.42. The van der Waals surface area contributed by atoms with Crippen LogP contribution in [-0.2, 0) is 6.42 Å². The predicted molar refractivity (Wildman–Crippen MR) is 150 cm³/mol. The lowest BCUT2D eigenvalue weighted by atomic mass is 9.89. The van der Waals surface area contributed by atoms with Crippen LogP contribution >= 0.6 is 11.3 Å². The fraction of sp³-hybridized carbons (Fsp3) is 0.345. The lowest BCUT2D eigenvalue weighted by molar-refractivity contribution is 0.569. The van der Waals surface area contributed by atoms with E-state index in [0.29, 0.717) is 12.5 Å². The molecule has 0 spiro atoms. The molecule has 1 aromatic heterocycles. The number of benzene rings is 1. The van der Waals surface area contributed by atoms with Gasteiger partial charge in [0.2, 0.25) is 0 Å². The van der Waals surface area contributed by atoms with Crippen LogP contribution in [0.2, 0.25) is 0 Å². The number of anilines is 1. The monoisotopic (exact) mass is 483 g/mol. The Morgan fingerprint density at radius 1 is 1.20 bits per heavy atom. The molecule has 1 aromatic carbocycles. The summed E-state index contributed by atoms with van der Waals surface area (Å²) in [5.41, 5.74) is 11.6. The molecule has 1 N–H and O–H groups in total. The van der Waals surface area contributed by atoms with Crippen LogP contribution in [0.25, 0.3) is 0 Å². The van der Waals surface area contributed by atoms with Gasteiger partial charge < -0.3 is 10.2 Å². The number of rotatable bonds is 6. The minimum Gasteiger partial charge on any atom is -0.379 e. The Kier molecular flexibility index (Phi) is 6.32. The third-order valence-corrected chi connectivity index (χ3v) is 8.38. The van der Waals surface area contributed by atoms with Crippen LogP contribution in [0.3, 0.4) is 0 Å². The van der Waals surface area contributed by atoms with Crippen LogP contribution in [0, 0.1) is 12.8 Å².